The van der Waals surface area contributed by atoms with Gasteiger partial charge in [-0.15, -0.1) is 0 Å². The van der Waals surface area contributed by atoms with Gasteiger partial charge >= 0.3 is 5.97 Å². The molecule has 0 spiro atoms. The summed E-state index contributed by atoms with van der Waals surface area (Å²) < 4.78 is 0.811. The first-order chi connectivity index (χ1) is 9.97. The van der Waals surface area contributed by atoms with Crippen LogP contribution in [0.1, 0.15) is 40.0 Å². The Kier molecular flexibility index (Phi) is 5.15. The summed E-state index contributed by atoms with van der Waals surface area (Å²) in [4.78, 5) is 10.9. The van der Waals surface area contributed by atoms with E-state index in [2.05, 4.69) is 59.4 Å². The molecule has 0 saturated carbocycles. The predicted molar refractivity (Wildman–Crippen MR) is 87.5 cm³/mol. The number of carboxylic acid groups (broad SMARTS) is 1. The highest BCUT2D eigenvalue weighted by molar-refractivity contribution is 9.10. The molecule has 110 valence electrons. The fourth-order valence-corrected chi connectivity index (χ4v) is 2.58. The SMILES string of the molecule is Cc1ccc([C@@H](C)NCc2ccc(C(=O)O)cc2Br)cc1. The number of carbonyl (C=O) groups is 1. The standard InChI is InChI=1S/C17H18BrNO2/c1-11-3-5-13(6-4-11)12(2)19-10-15-8-7-14(17(20)21)9-16(15)18/h3-9,12,19H,10H2,1-2H3,(H,20,21)/t12-/m1/s1. The quantitative estimate of drug-likeness (QED) is 0.847. The fourth-order valence-electron chi connectivity index (χ4n) is 2.06. The van der Waals surface area contributed by atoms with Gasteiger partial charge in [-0.25, -0.2) is 4.79 Å². The number of nitrogens with one attached hydrogen (secondary N) is 1. The van der Waals surface area contributed by atoms with Crippen LogP contribution < -0.4 is 5.32 Å². The van der Waals surface area contributed by atoms with Crippen molar-refractivity contribution in [2.75, 3.05) is 0 Å². The fraction of sp³-hybridized carbons (Fsp3) is 0.235. The molecular formula is C17H18BrNO2. The van der Waals surface area contributed by atoms with Crippen LogP contribution in [-0.4, -0.2) is 11.1 Å². The number of hydrogen-bond donors (Lipinski definition) is 2. The molecule has 0 fully saturated rings. The second-order valence-electron chi connectivity index (χ2n) is 5.12. The van der Waals surface area contributed by atoms with Crippen molar-refractivity contribution in [1.29, 1.82) is 0 Å². The molecule has 0 saturated heterocycles. The third-order valence-electron chi connectivity index (χ3n) is 3.48. The van der Waals surface area contributed by atoms with Gasteiger partial charge in [0.2, 0.25) is 0 Å². The molecule has 2 aromatic carbocycles. The van der Waals surface area contributed by atoms with E-state index < -0.39 is 5.97 Å². The lowest BCUT2D eigenvalue weighted by Crippen LogP contribution is -2.18. The second kappa shape index (κ2) is 6.87. The molecule has 0 aromatic heterocycles. The number of aromatic carboxylic acids is 1. The van der Waals surface area contributed by atoms with Crippen molar-refractivity contribution in [3.8, 4) is 0 Å². The number of halogens is 1. The molecule has 2 rings (SSSR count). The van der Waals surface area contributed by atoms with Crippen LogP contribution in [0, 0.1) is 6.92 Å². The van der Waals surface area contributed by atoms with E-state index in [0.717, 1.165) is 10.0 Å². The van der Waals surface area contributed by atoms with Gasteiger partial charge in [-0.05, 0) is 37.1 Å². The molecule has 4 heteroatoms. The zero-order chi connectivity index (χ0) is 15.4. The molecule has 2 N–H and O–H groups in total. The first-order valence-corrected chi connectivity index (χ1v) is 7.58. The molecule has 0 unspecified atom stereocenters. The van der Waals surface area contributed by atoms with Crippen molar-refractivity contribution in [2.24, 2.45) is 0 Å². The van der Waals surface area contributed by atoms with Crippen LogP contribution in [-0.2, 0) is 6.54 Å². The Hall–Kier alpha value is -1.65. The molecule has 0 amide bonds. The second-order valence-corrected chi connectivity index (χ2v) is 5.98. The number of rotatable bonds is 5. The smallest absolute Gasteiger partial charge is 0.335 e. The van der Waals surface area contributed by atoms with Gasteiger partial charge < -0.3 is 10.4 Å². The summed E-state index contributed by atoms with van der Waals surface area (Å²) in [5.74, 6) is -0.914. The Bertz CT molecular complexity index is 638. The lowest BCUT2D eigenvalue weighted by molar-refractivity contribution is 0.0697. The molecular weight excluding hydrogens is 330 g/mol. The van der Waals surface area contributed by atoms with Crippen molar-refractivity contribution >= 4 is 21.9 Å². The van der Waals surface area contributed by atoms with Gasteiger partial charge in [-0.3, -0.25) is 0 Å². The van der Waals surface area contributed by atoms with E-state index in [4.69, 9.17) is 5.11 Å². The van der Waals surface area contributed by atoms with E-state index in [0.29, 0.717) is 6.54 Å². The van der Waals surface area contributed by atoms with E-state index in [9.17, 15) is 4.79 Å². The summed E-state index contributed by atoms with van der Waals surface area (Å²) in [5.41, 5.74) is 3.81. The highest BCUT2D eigenvalue weighted by Crippen LogP contribution is 2.20. The van der Waals surface area contributed by atoms with Crippen LogP contribution in [0.2, 0.25) is 0 Å². The molecule has 0 bridgehead atoms. The van der Waals surface area contributed by atoms with E-state index in [1.165, 1.54) is 11.1 Å². The summed E-state index contributed by atoms with van der Waals surface area (Å²) in [7, 11) is 0. The summed E-state index contributed by atoms with van der Waals surface area (Å²) in [6.45, 7) is 4.86. The summed E-state index contributed by atoms with van der Waals surface area (Å²) in [6, 6.07) is 13.8. The maximum Gasteiger partial charge on any atom is 0.335 e. The van der Waals surface area contributed by atoms with Gasteiger partial charge in [0.1, 0.15) is 0 Å². The van der Waals surface area contributed by atoms with E-state index in [1.54, 1.807) is 12.1 Å². The van der Waals surface area contributed by atoms with Crippen molar-refractivity contribution in [1.82, 2.24) is 5.32 Å². The molecule has 0 aliphatic rings. The predicted octanol–water partition coefficient (Wildman–Crippen LogP) is 4.31. The summed E-state index contributed by atoms with van der Waals surface area (Å²) in [5, 5.41) is 12.4. The topological polar surface area (TPSA) is 49.3 Å². The van der Waals surface area contributed by atoms with Crippen LogP contribution in [0.5, 0.6) is 0 Å². The Balaban J connectivity index is 2.02. The van der Waals surface area contributed by atoms with Crippen molar-refractivity contribution in [3.63, 3.8) is 0 Å². The maximum atomic E-state index is 10.9. The Morgan fingerprint density at radius 1 is 1.24 bits per heavy atom. The first-order valence-electron chi connectivity index (χ1n) is 6.79. The molecule has 0 aliphatic heterocycles. The van der Waals surface area contributed by atoms with E-state index >= 15 is 0 Å². The maximum absolute atomic E-state index is 10.9. The van der Waals surface area contributed by atoms with Crippen molar-refractivity contribution in [3.05, 3.63) is 69.2 Å². The molecule has 3 nitrogen and oxygen atoms in total. The molecule has 0 aliphatic carbocycles. The minimum Gasteiger partial charge on any atom is -0.478 e. The van der Waals surface area contributed by atoms with Crippen LogP contribution in [0.25, 0.3) is 0 Å². The Labute approximate surface area is 133 Å². The zero-order valence-electron chi connectivity index (χ0n) is 12.1. The third kappa shape index (κ3) is 4.16. The van der Waals surface area contributed by atoms with Gasteiger partial charge in [0, 0.05) is 17.1 Å². The largest absolute Gasteiger partial charge is 0.478 e. The van der Waals surface area contributed by atoms with E-state index in [1.807, 2.05) is 6.07 Å². The first kappa shape index (κ1) is 15.7. The summed E-state index contributed by atoms with van der Waals surface area (Å²) >= 11 is 3.43. The van der Waals surface area contributed by atoms with Gasteiger partial charge in [0.15, 0.2) is 0 Å². The van der Waals surface area contributed by atoms with Gasteiger partial charge in [0.05, 0.1) is 5.56 Å². The monoisotopic (exact) mass is 347 g/mol. The highest BCUT2D eigenvalue weighted by atomic mass is 79.9. The van der Waals surface area contributed by atoms with Gasteiger partial charge in [-0.2, -0.15) is 0 Å². The average molecular weight is 348 g/mol. The number of carboxylic acids is 1. The highest BCUT2D eigenvalue weighted by Gasteiger charge is 2.09. The molecule has 0 radical (unpaired) electrons. The van der Waals surface area contributed by atoms with E-state index in [-0.39, 0.29) is 11.6 Å². The average Bonchev–Trinajstić information content (AvgIpc) is 2.46. The Morgan fingerprint density at radius 2 is 1.90 bits per heavy atom. The molecule has 1 atom stereocenters. The minimum atomic E-state index is -0.914. The molecule has 21 heavy (non-hydrogen) atoms. The summed E-state index contributed by atoms with van der Waals surface area (Å²) in [6.07, 6.45) is 0. The van der Waals surface area contributed by atoms with Gasteiger partial charge in [-0.1, -0.05) is 51.8 Å². The lowest BCUT2D eigenvalue weighted by Gasteiger charge is -2.15. The van der Waals surface area contributed by atoms with Crippen LogP contribution in [0.15, 0.2) is 46.9 Å². The van der Waals surface area contributed by atoms with Crippen LogP contribution in [0.3, 0.4) is 0 Å². The normalized spacial score (nSPS) is 12.1. The number of aryl methyl sites for hydroxylation is 1. The van der Waals surface area contributed by atoms with Crippen molar-refractivity contribution in [2.45, 2.75) is 26.4 Å². The minimum absolute atomic E-state index is 0.233. The zero-order valence-corrected chi connectivity index (χ0v) is 13.6. The Morgan fingerprint density at radius 3 is 2.48 bits per heavy atom. The van der Waals surface area contributed by atoms with Crippen LogP contribution >= 0.6 is 15.9 Å². The molecule has 2 aromatic rings. The van der Waals surface area contributed by atoms with Crippen molar-refractivity contribution < 1.29 is 9.90 Å². The third-order valence-corrected chi connectivity index (χ3v) is 4.21. The number of hydrogen-bond acceptors (Lipinski definition) is 2. The number of benzene rings is 2. The lowest BCUT2D eigenvalue weighted by atomic mass is 10.1. The molecule has 0 heterocycles. The van der Waals surface area contributed by atoms with Gasteiger partial charge in [0.25, 0.3) is 0 Å². The van der Waals surface area contributed by atoms with Crippen LogP contribution in [0.4, 0.5) is 0 Å².